The molecule has 2 aromatic rings. The van der Waals surface area contributed by atoms with Gasteiger partial charge in [-0.2, -0.15) is 8.42 Å². The Morgan fingerprint density at radius 2 is 1.60 bits per heavy atom. The zero-order valence-electron chi connectivity index (χ0n) is 14.0. The lowest BCUT2D eigenvalue weighted by Gasteiger charge is -2.10. The predicted molar refractivity (Wildman–Crippen MR) is 92.5 cm³/mol. The van der Waals surface area contributed by atoms with Crippen LogP contribution >= 0.6 is 0 Å². The van der Waals surface area contributed by atoms with Crippen LogP contribution < -0.4 is 9.47 Å². The Balaban J connectivity index is 1.88. The fourth-order valence-electron chi connectivity index (χ4n) is 2.11. The third-order valence-electron chi connectivity index (χ3n) is 3.77. The number of hydrogen-bond acceptors (Lipinski definition) is 5. The predicted octanol–water partition coefficient (Wildman–Crippen LogP) is 3.43. The van der Waals surface area contributed by atoms with E-state index in [1.54, 1.807) is 12.1 Å². The maximum atomic E-state index is 11.8. The van der Waals surface area contributed by atoms with Gasteiger partial charge in [-0.25, -0.2) is 4.79 Å². The Kier molecular flexibility index (Phi) is 6.17. The van der Waals surface area contributed by atoms with Crippen molar-refractivity contribution in [1.82, 2.24) is 0 Å². The molecule has 0 fully saturated rings. The van der Waals surface area contributed by atoms with E-state index in [1.807, 2.05) is 12.1 Å². The van der Waals surface area contributed by atoms with Gasteiger partial charge in [-0.15, -0.1) is 0 Å². The standard InChI is InChI=1S/C18H20O6S/c1-3-13(2)14-4-6-15(7-5-14)23-12-18(19)24-16-8-10-17(11-9-16)25(20,21)22/h4-11,13H,3,12H2,1-2H3,(H,20,21,22). The number of rotatable bonds is 7. The lowest BCUT2D eigenvalue weighted by molar-refractivity contribution is -0.136. The van der Waals surface area contributed by atoms with Crippen LogP contribution in [0.4, 0.5) is 0 Å². The zero-order chi connectivity index (χ0) is 18.4. The molecule has 0 saturated carbocycles. The summed E-state index contributed by atoms with van der Waals surface area (Å²) in [5.41, 5.74) is 1.20. The van der Waals surface area contributed by atoms with E-state index in [0.717, 1.165) is 18.6 Å². The Morgan fingerprint density at radius 3 is 2.12 bits per heavy atom. The average molecular weight is 364 g/mol. The fourth-order valence-corrected chi connectivity index (χ4v) is 2.59. The highest BCUT2D eigenvalue weighted by molar-refractivity contribution is 7.85. The topological polar surface area (TPSA) is 89.9 Å². The molecule has 0 amide bonds. The van der Waals surface area contributed by atoms with E-state index < -0.39 is 16.1 Å². The SMILES string of the molecule is CCC(C)c1ccc(OCC(=O)Oc2ccc(S(=O)(=O)O)cc2)cc1. The van der Waals surface area contributed by atoms with Gasteiger partial charge in [0, 0.05) is 0 Å². The van der Waals surface area contributed by atoms with E-state index in [1.165, 1.54) is 17.7 Å². The van der Waals surface area contributed by atoms with Gasteiger partial charge in [-0.1, -0.05) is 26.0 Å². The quantitative estimate of drug-likeness (QED) is 0.460. The van der Waals surface area contributed by atoms with Gasteiger partial charge < -0.3 is 9.47 Å². The first-order valence-electron chi connectivity index (χ1n) is 7.80. The van der Waals surface area contributed by atoms with Crippen LogP contribution in [-0.2, 0) is 14.9 Å². The van der Waals surface area contributed by atoms with E-state index in [2.05, 4.69) is 13.8 Å². The van der Waals surface area contributed by atoms with Crippen LogP contribution in [0.1, 0.15) is 31.7 Å². The van der Waals surface area contributed by atoms with Crippen molar-refractivity contribution in [3.8, 4) is 11.5 Å². The Labute approximate surface area is 147 Å². The van der Waals surface area contributed by atoms with Crippen molar-refractivity contribution in [2.24, 2.45) is 0 Å². The van der Waals surface area contributed by atoms with Crippen LogP contribution in [0.15, 0.2) is 53.4 Å². The number of hydrogen-bond donors (Lipinski definition) is 1. The molecule has 0 aromatic heterocycles. The molecule has 1 unspecified atom stereocenters. The van der Waals surface area contributed by atoms with Gasteiger partial charge in [-0.05, 0) is 54.3 Å². The van der Waals surface area contributed by atoms with Crippen LogP contribution in [-0.4, -0.2) is 25.5 Å². The number of carbonyl (C=O) groups is 1. The molecule has 2 rings (SSSR count). The van der Waals surface area contributed by atoms with Gasteiger partial charge in [0.1, 0.15) is 11.5 Å². The Morgan fingerprint density at radius 1 is 1.04 bits per heavy atom. The lowest BCUT2D eigenvalue weighted by atomic mass is 9.99. The Hall–Kier alpha value is -2.38. The van der Waals surface area contributed by atoms with Crippen molar-refractivity contribution < 1.29 is 27.2 Å². The maximum Gasteiger partial charge on any atom is 0.349 e. The second-order valence-electron chi connectivity index (χ2n) is 5.59. The molecule has 0 heterocycles. The first-order chi connectivity index (χ1) is 11.8. The van der Waals surface area contributed by atoms with Crippen molar-refractivity contribution in [1.29, 1.82) is 0 Å². The summed E-state index contributed by atoms with van der Waals surface area (Å²) in [6, 6.07) is 12.4. The van der Waals surface area contributed by atoms with Crippen molar-refractivity contribution in [2.45, 2.75) is 31.1 Å². The molecule has 0 radical (unpaired) electrons. The first kappa shape index (κ1) is 19.0. The molecule has 6 nitrogen and oxygen atoms in total. The molecule has 1 N–H and O–H groups in total. The van der Waals surface area contributed by atoms with Crippen molar-refractivity contribution in [3.05, 3.63) is 54.1 Å². The minimum absolute atomic E-state index is 0.160. The van der Waals surface area contributed by atoms with Gasteiger partial charge in [0.2, 0.25) is 0 Å². The molecule has 134 valence electrons. The summed E-state index contributed by atoms with van der Waals surface area (Å²) >= 11 is 0. The summed E-state index contributed by atoms with van der Waals surface area (Å²) in [7, 11) is -4.27. The summed E-state index contributed by atoms with van der Waals surface area (Å²) in [5.74, 6) is 0.564. The first-order valence-corrected chi connectivity index (χ1v) is 9.24. The Bertz CT molecular complexity index is 810. The highest BCUT2D eigenvalue weighted by Gasteiger charge is 2.11. The van der Waals surface area contributed by atoms with Crippen molar-refractivity contribution in [2.75, 3.05) is 6.61 Å². The third-order valence-corrected chi connectivity index (χ3v) is 4.64. The van der Waals surface area contributed by atoms with Crippen molar-refractivity contribution in [3.63, 3.8) is 0 Å². The van der Waals surface area contributed by atoms with Crippen LogP contribution in [0.3, 0.4) is 0 Å². The normalized spacial score (nSPS) is 12.4. The highest BCUT2D eigenvalue weighted by Crippen LogP contribution is 2.21. The zero-order valence-corrected chi connectivity index (χ0v) is 14.8. The molecular weight excluding hydrogens is 344 g/mol. The fraction of sp³-hybridized carbons (Fsp3) is 0.278. The van der Waals surface area contributed by atoms with Gasteiger partial charge in [-0.3, -0.25) is 4.55 Å². The number of esters is 1. The van der Waals surface area contributed by atoms with Gasteiger partial charge in [0.25, 0.3) is 10.1 Å². The van der Waals surface area contributed by atoms with E-state index in [0.29, 0.717) is 11.7 Å². The van der Waals surface area contributed by atoms with E-state index >= 15 is 0 Å². The van der Waals surface area contributed by atoms with E-state index in [-0.39, 0.29) is 17.3 Å². The highest BCUT2D eigenvalue weighted by atomic mass is 32.2. The summed E-state index contributed by atoms with van der Waals surface area (Å²) < 4.78 is 41.2. The summed E-state index contributed by atoms with van der Waals surface area (Å²) in [4.78, 5) is 11.5. The van der Waals surface area contributed by atoms with Crippen LogP contribution in [0.25, 0.3) is 0 Å². The third kappa shape index (κ3) is 5.58. The number of ether oxygens (including phenoxy) is 2. The molecule has 7 heteroatoms. The van der Waals surface area contributed by atoms with E-state index in [4.69, 9.17) is 14.0 Å². The molecular formula is C18H20O6S. The minimum Gasteiger partial charge on any atom is -0.482 e. The van der Waals surface area contributed by atoms with Gasteiger partial charge in [0.05, 0.1) is 4.90 Å². The lowest BCUT2D eigenvalue weighted by Crippen LogP contribution is -2.17. The smallest absolute Gasteiger partial charge is 0.349 e. The average Bonchev–Trinajstić information content (AvgIpc) is 2.59. The van der Waals surface area contributed by atoms with Gasteiger partial charge >= 0.3 is 5.97 Å². The molecule has 0 aliphatic rings. The van der Waals surface area contributed by atoms with Crippen LogP contribution in [0.5, 0.6) is 11.5 Å². The minimum atomic E-state index is -4.27. The molecule has 0 aliphatic carbocycles. The monoisotopic (exact) mass is 364 g/mol. The second kappa shape index (κ2) is 8.13. The van der Waals surface area contributed by atoms with Gasteiger partial charge in [0.15, 0.2) is 6.61 Å². The van der Waals surface area contributed by atoms with Crippen LogP contribution in [0.2, 0.25) is 0 Å². The summed E-state index contributed by atoms with van der Waals surface area (Å²) in [6.07, 6.45) is 1.04. The summed E-state index contributed by atoms with van der Waals surface area (Å²) in [6.45, 7) is 3.98. The van der Waals surface area contributed by atoms with Crippen LogP contribution in [0, 0.1) is 0 Å². The van der Waals surface area contributed by atoms with E-state index in [9.17, 15) is 13.2 Å². The molecule has 0 spiro atoms. The largest absolute Gasteiger partial charge is 0.482 e. The molecule has 1 atom stereocenters. The molecule has 0 saturated heterocycles. The van der Waals surface area contributed by atoms with Crippen molar-refractivity contribution >= 4 is 16.1 Å². The maximum absolute atomic E-state index is 11.8. The second-order valence-corrected chi connectivity index (χ2v) is 7.01. The molecule has 0 bridgehead atoms. The molecule has 0 aliphatic heterocycles. The summed E-state index contributed by atoms with van der Waals surface area (Å²) in [5, 5.41) is 0. The number of carbonyl (C=O) groups excluding carboxylic acids is 1. The molecule has 2 aromatic carbocycles. The number of benzene rings is 2. The molecule has 25 heavy (non-hydrogen) atoms.